The van der Waals surface area contributed by atoms with E-state index in [1.807, 2.05) is 12.2 Å². The zero-order valence-corrected chi connectivity index (χ0v) is 9.20. The van der Waals surface area contributed by atoms with E-state index < -0.39 is 5.97 Å². The number of carbonyl (C=O) groups is 1. The highest BCUT2D eigenvalue weighted by molar-refractivity contribution is 7.80. The summed E-state index contributed by atoms with van der Waals surface area (Å²) < 4.78 is 5.01. The largest absolute Gasteiger partial charge is 0.497 e. The summed E-state index contributed by atoms with van der Waals surface area (Å²) in [6.07, 6.45) is 3.64. The number of hydrogen-bond donors (Lipinski definition) is 2. The molecule has 1 rings (SSSR count). The van der Waals surface area contributed by atoms with Gasteiger partial charge in [-0.2, -0.15) is 12.6 Å². The van der Waals surface area contributed by atoms with Gasteiger partial charge in [-0.15, -0.1) is 0 Å². The summed E-state index contributed by atoms with van der Waals surface area (Å²) in [5.41, 5.74) is 1.01. The zero-order chi connectivity index (χ0) is 11.3. The fourth-order valence-corrected chi connectivity index (χ4v) is 1.25. The van der Waals surface area contributed by atoms with Gasteiger partial charge in [0.15, 0.2) is 0 Å². The molecule has 0 radical (unpaired) electrons. The van der Waals surface area contributed by atoms with Crippen molar-refractivity contribution in [1.29, 1.82) is 0 Å². The maximum atomic E-state index is 10.8. The summed E-state index contributed by atoms with van der Waals surface area (Å²) >= 11 is 4.03. The van der Waals surface area contributed by atoms with Crippen LogP contribution in [0.3, 0.4) is 0 Å². The lowest BCUT2D eigenvalue weighted by Gasteiger charge is -2.03. The van der Waals surface area contributed by atoms with Crippen LogP contribution in [0.4, 0.5) is 0 Å². The highest BCUT2D eigenvalue weighted by atomic mass is 32.1. The van der Waals surface area contributed by atoms with Gasteiger partial charge in [-0.05, 0) is 23.8 Å². The Hall–Kier alpha value is -1.42. The van der Waals surface area contributed by atoms with Crippen LogP contribution in [0.2, 0.25) is 0 Å². The topological polar surface area (TPSA) is 46.5 Å². The van der Waals surface area contributed by atoms with Crippen LogP contribution in [0.15, 0.2) is 24.3 Å². The van der Waals surface area contributed by atoms with Gasteiger partial charge in [0.05, 0.1) is 12.7 Å². The number of hydrogen-bond acceptors (Lipinski definition) is 3. The number of aromatic carboxylic acids is 1. The van der Waals surface area contributed by atoms with E-state index >= 15 is 0 Å². The molecule has 3 nitrogen and oxygen atoms in total. The van der Waals surface area contributed by atoms with Crippen LogP contribution in [0.1, 0.15) is 15.9 Å². The molecule has 0 aliphatic rings. The van der Waals surface area contributed by atoms with E-state index in [-0.39, 0.29) is 5.56 Å². The third kappa shape index (κ3) is 3.32. The van der Waals surface area contributed by atoms with E-state index in [2.05, 4.69) is 12.6 Å². The second kappa shape index (κ2) is 5.46. The lowest BCUT2D eigenvalue weighted by atomic mass is 10.1. The van der Waals surface area contributed by atoms with Crippen LogP contribution in [0.5, 0.6) is 5.75 Å². The van der Waals surface area contributed by atoms with Gasteiger partial charge in [0.2, 0.25) is 0 Å². The molecule has 1 aromatic carbocycles. The van der Waals surface area contributed by atoms with Gasteiger partial charge in [0.25, 0.3) is 0 Å². The molecule has 0 saturated heterocycles. The maximum absolute atomic E-state index is 10.8. The smallest absolute Gasteiger partial charge is 0.335 e. The van der Waals surface area contributed by atoms with Crippen LogP contribution in [0.25, 0.3) is 6.08 Å². The lowest BCUT2D eigenvalue weighted by Crippen LogP contribution is -1.97. The first kappa shape index (κ1) is 11.7. The summed E-state index contributed by atoms with van der Waals surface area (Å²) in [6.45, 7) is 0. The molecular formula is C11H12O3S. The third-order valence-electron chi connectivity index (χ3n) is 1.83. The first-order valence-electron chi connectivity index (χ1n) is 4.37. The first-order valence-corrected chi connectivity index (χ1v) is 5.00. The molecule has 0 fully saturated rings. The summed E-state index contributed by atoms with van der Waals surface area (Å²) in [4.78, 5) is 10.8. The van der Waals surface area contributed by atoms with E-state index in [0.29, 0.717) is 11.5 Å². The average molecular weight is 224 g/mol. The number of ether oxygens (including phenoxy) is 1. The summed E-state index contributed by atoms with van der Waals surface area (Å²) in [5.74, 6) is 0.183. The molecule has 0 atom stereocenters. The number of rotatable bonds is 4. The third-order valence-corrected chi connectivity index (χ3v) is 2.04. The quantitative estimate of drug-likeness (QED) is 0.772. The second-order valence-corrected chi connectivity index (χ2v) is 3.25. The van der Waals surface area contributed by atoms with E-state index in [0.717, 1.165) is 5.56 Å². The van der Waals surface area contributed by atoms with Crippen molar-refractivity contribution < 1.29 is 14.6 Å². The van der Waals surface area contributed by atoms with E-state index in [4.69, 9.17) is 9.84 Å². The van der Waals surface area contributed by atoms with Gasteiger partial charge < -0.3 is 9.84 Å². The second-order valence-electron chi connectivity index (χ2n) is 2.88. The minimum atomic E-state index is -0.963. The van der Waals surface area contributed by atoms with Gasteiger partial charge in [-0.3, -0.25) is 0 Å². The standard InChI is InChI=1S/C11H12O3S/c1-14-10-6-8(3-2-4-15)5-9(7-10)11(12)13/h2-3,5-7,15H,4H2,1H3,(H,12,13). The Bertz CT molecular complexity index is 385. The van der Waals surface area contributed by atoms with E-state index in [9.17, 15) is 4.79 Å². The summed E-state index contributed by atoms with van der Waals surface area (Å²) in [7, 11) is 1.51. The first-order chi connectivity index (χ1) is 7.17. The molecule has 0 saturated carbocycles. The van der Waals surface area contributed by atoms with Gasteiger partial charge in [0, 0.05) is 5.75 Å². The highest BCUT2D eigenvalue weighted by Gasteiger charge is 2.05. The monoisotopic (exact) mass is 224 g/mol. The van der Waals surface area contributed by atoms with Crippen molar-refractivity contribution in [2.75, 3.05) is 12.9 Å². The summed E-state index contributed by atoms with van der Waals surface area (Å²) in [6, 6.07) is 4.84. The molecule has 0 amide bonds. The fraction of sp³-hybridized carbons (Fsp3) is 0.182. The summed E-state index contributed by atoms with van der Waals surface area (Å²) in [5, 5.41) is 8.86. The molecule has 1 aromatic rings. The average Bonchev–Trinajstić information content (AvgIpc) is 2.25. The minimum Gasteiger partial charge on any atom is -0.497 e. The number of benzene rings is 1. The van der Waals surface area contributed by atoms with E-state index in [1.165, 1.54) is 13.2 Å². The molecule has 0 aliphatic carbocycles. The van der Waals surface area contributed by atoms with Gasteiger partial charge in [-0.1, -0.05) is 12.2 Å². The molecule has 0 heterocycles. The Morgan fingerprint density at radius 2 is 2.27 bits per heavy atom. The lowest BCUT2D eigenvalue weighted by molar-refractivity contribution is 0.0696. The Labute approximate surface area is 93.8 Å². The van der Waals surface area contributed by atoms with Gasteiger partial charge in [0.1, 0.15) is 5.75 Å². The Morgan fingerprint density at radius 1 is 1.53 bits per heavy atom. The Morgan fingerprint density at radius 3 is 2.80 bits per heavy atom. The molecule has 0 aliphatic heterocycles. The van der Waals surface area contributed by atoms with Crippen molar-refractivity contribution in [3.05, 3.63) is 35.4 Å². The molecular weight excluding hydrogens is 212 g/mol. The van der Waals surface area contributed by atoms with Crippen molar-refractivity contribution in [2.45, 2.75) is 0 Å². The SMILES string of the molecule is COc1cc(C=CCS)cc(C(=O)O)c1. The predicted molar refractivity (Wildman–Crippen MR) is 62.8 cm³/mol. The molecule has 4 heteroatoms. The van der Waals surface area contributed by atoms with Crippen LogP contribution in [-0.2, 0) is 0 Å². The van der Waals surface area contributed by atoms with Crippen molar-refractivity contribution in [3.8, 4) is 5.75 Å². The molecule has 1 N–H and O–H groups in total. The van der Waals surface area contributed by atoms with Crippen LogP contribution in [0, 0.1) is 0 Å². The van der Waals surface area contributed by atoms with Crippen LogP contribution < -0.4 is 4.74 Å². The normalized spacial score (nSPS) is 10.5. The van der Waals surface area contributed by atoms with Crippen LogP contribution in [-0.4, -0.2) is 23.9 Å². The molecule has 0 aromatic heterocycles. The number of carboxylic acid groups (broad SMARTS) is 1. The number of carboxylic acids is 1. The number of thiol groups is 1. The zero-order valence-electron chi connectivity index (χ0n) is 8.30. The van der Waals surface area contributed by atoms with Crippen molar-refractivity contribution in [1.82, 2.24) is 0 Å². The number of methoxy groups -OCH3 is 1. The van der Waals surface area contributed by atoms with Crippen molar-refractivity contribution in [3.63, 3.8) is 0 Å². The molecule has 0 bridgehead atoms. The van der Waals surface area contributed by atoms with E-state index in [1.54, 1.807) is 12.1 Å². The van der Waals surface area contributed by atoms with Crippen molar-refractivity contribution >= 4 is 24.7 Å². The molecule has 80 valence electrons. The maximum Gasteiger partial charge on any atom is 0.335 e. The van der Waals surface area contributed by atoms with Gasteiger partial charge >= 0.3 is 5.97 Å². The molecule has 15 heavy (non-hydrogen) atoms. The Kier molecular flexibility index (Phi) is 4.24. The minimum absolute atomic E-state index is 0.216. The highest BCUT2D eigenvalue weighted by Crippen LogP contribution is 2.18. The van der Waals surface area contributed by atoms with Gasteiger partial charge in [-0.25, -0.2) is 4.79 Å². The molecule has 0 spiro atoms. The fourth-order valence-electron chi connectivity index (χ4n) is 1.15. The predicted octanol–water partition coefficient (Wildman–Crippen LogP) is 2.34. The van der Waals surface area contributed by atoms with Crippen molar-refractivity contribution in [2.24, 2.45) is 0 Å². The molecule has 0 unspecified atom stereocenters. The van der Waals surface area contributed by atoms with Crippen LogP contribution >= 0.6 is 12.6 Å². The Balaban J connectivity index is 3.11.